The minimum absolute atomic E-state index is 0.158. The third-order valence-corrected chi connectivity index (χ3v) is 6.74. The van der Waals surface area contributed by atoms with Crippen LogP contribution in [0.15, 0.2) is 68.4 Å². The van der Waals surface area contributed by atoms with Crippen LogP contribution in [0.25, 0.3) is 0 Å². The Balaban J connectivity index is 2.13. The minimum Gasteiger partial charge on any atom is -0.333 e. The fourth-order valence-corrected chi connectivity index (χ4v) is 4.30. The summed E-state index contributed by atoms with van der Waals surface area (Å²) in [4.78, 5) is 21.9. The molecule has 0 radical (unpaired) electrons. The Morgan fingerprint density at radius 1 is 1.26 bits per heavy atom. The number of hydrogen-bond acceptors (Lipinski definition) is 6. The molecule has 1 aromatic heterocycles. The first-order valence-electron chi connectivity index (χ1n) is 12.0. The van der Waals surface area contributed by atoms with Crippen molar-refractivity contribution in [2.75, 3.05) is 30.6 Å². The van der Waals surface area contributed by atoms with Crippen molar-refractivity contribution in [1.82, 2.24) is 15.5 Å². The largest absolute Gasteiger partial charge is 0.333 e. The number of rotatable bonds is 11. The average molecular weight is 542 g/mol. The second-order valence-electron chi connectivity index (χ2n) is 8.93. The molecule has 1 aliphatic rings. The van der Waals surface area contributed by atoms with Crippen molar-refractivity contribution in [3.05, 3.63) is 70.8 Å². The predicted octanol–water partition coefficient (Wildman–Crippen LogP) is 5.58. The van der Waals surface area contributed by atoms with Crippen LogP contribution in [0.5, 0.6) is 0 Å². The van der Waals surface area contributed by atoms with Crippen LogP contribution >= 0.6 is 11.8 Å². The van der Waals surface area contributed by atoms with E-state index in [-0.39, 0.29) is 11.6 Å². The van der Waals surface area contributed by atoms with Gasteiger partial charge in [0.05, 0.1) is 5.71 Å². The predicted molar refractivity (Wildman–Crippen MR) is 152 cm³/mol. The lowest BCUT2D eigenvalue weighted by Gasteiger charge is -2.22. The van der Waals surface area contributed by atoms with Crippen LogP contribution in [0.2, 0.25) is 0 Å². The van der Waals surface area contributed by atoms with Crippen LogP contribution in [0, 0.1) is 24.5 Å². The van der Waals surface area contributed by atoms with E-state index in [4.69, 9.17) is 4.99 Å². The molecule has 0 aliphatic heterocycles. The molecule has 202 valence electrons. The van der Waals surface area contributed by atoms with E-state index in [0.717, 1.165) is 24.1 Å². The van der Waals surface area contributed by atoms with Crippen LogP contribution in [0.4, 0.5) is 20.3 Å². The average Bonchev–Trinajstić information content (AvgIpc) is 3.62. The van der Waals surface area contributed by atoms with Gasteiger partial charge in [0.25, 0.3) is 0 Å². The fourth-order valence-electron chi connectivity index (χ4n) is 3.86. The van der Waals surface area contributed by atoms with Gasteiger partial charge in [0, 0.05) is 42.0 Å². The van der Waals surface area contributed by atoms with Crippen LogP contribution < -0.4 is 15.5 Å². The molecule has 8 nitrogen and oxygen atoms in total. The number of amidine groups is 1. The zero-order valence-electron chi connectivity index (χ0n) is 22.4. The second kappa shape index (κ2) is 12.7. The lowest BCUT2D eigenvalue weighted by atomic mass is 9.97. The SMILES string of the molecule is C=C(C(/C=C(\C)NC=O)=NC)/C(=C(\N=C(/C)N(C)c1c(F)cc(SC)cc1F)Nc1cc(C)[nH]n1)C1CC1. The van der Waals surface area contributed by atoms with E-state index in [9.17, 15) is 13.6 Å². The summed E-state index contributed by atoms with van der Waals surface area (Å²) < 4.78 is 29.8. The second-order valence-corrected chi connectivity index (χ2v) is 9.81. The van der Waals surface area contributed by atoms with Crippen molar-refractivity contribution in [2.24, 2.45) is 15.9 Å². The topological polar surface area (TPSA) is 97.8 Å². The zero-order valence-corrected chi connectivity index (χ0v) is 23.3. The van der Waals surface area contributed by atoms with Crippen LogP contribution in [0.1, 0.15) is 32.4 Å². The normalized spacial score (nSPS) is 15.2. The molecule has 0 saturated heterocycles. The van der Waals surface area contributed by atoms with Crippen LogP contribution in [0.3, 0.4) is 0 Å². The number of amides is 1. The number of nitrogens with one attached hydrogen (secondary N) is 3. The summed E-state index contributed by atoms with van der Waals surface area (Å²) in [7, 11) is 3.21. The molecule has 0 atom stereocenters. The lowest BCUT2D eigenvalue weighted by molar-refractivity contribution is -0.108. The number of carbonyl (C=O) groups excluding carboxylic acids is 1. The molecule has 1 amide bonds. The number of aliphatic imine (C=N–C) groups is 2. The van der Waals surface area contributed by atoms with Crippen molar-refractivity contribution < 1.29 is 13.6 Å². The number of nitrogens with zero attached hydrogens (tertiary/aromatic N) is 4. The van der Waals surface area contributed by atoms with Gasteiger partial charge in [-0.15, -0.1) is 11.8 Å². The summed E-state index contributed by atoms with van der Waals surface area (Å²) in [6, 6.07) is 4.44. The highest BCUT2D eigenvalue weighted by Crippen LogP contribution is 2.42. The van der Waals surface area contributed by atoms with Crippen molar-refractivity contribution in [2.45, 2.75) is 38.5 Å². The molecule has 1 aromatic carbocycles. The maximum atomic E-state index is 14.9. The molecule has 1 saturated carbocycles. The molecule has 2 aromatic rings. The van der Waals surface area contributed by atoms with Crippen molar-refractivity contribution in [3.8, 4) is 0 Å². The van der Waals surface area contributed by atoms with E-state index in [1.807, 2.05) is 13.0 Å². The van der Waals surface area contributed by atoms with Gasteiger partial charge in [-0.05, 0) is 69.6 Å². The Kier molecular flexibility index (Phi) is 9.62. The zero-order chi connectivity index (χ0) is 28.0. The molecule has 11 heteroatoms. The summed E-state index contributed by atoms with van der Waals surface area (Å²) in [5.41, 5.74) is 3.27. The highest BCUT2D eigenvalue weighted by Gasteiger charge is 2.32. The van der Waals surface area contributed by atoms with Gasteiger partial charge in [0.2, 0.25) is 6.41 Å². The van der Waals surface area contributed by atoms with Crippen molar-refractivity contribution in [1.29, 1.82) is 0 Å². The summed E-state index contributed by atoms with van der Waals surface area (Å²) in [5, 5.41) is 13.1. The number of halogens is 2. The van der Waals surface area contributed by atoms with E-state index in [1.165, 1.54) is 28.8 Å². The van der Waals surface area contributed by atoms with Crippen molar-refractivity contribution in [3.63, 3.8) is 0 Å². The van der Waals surface area contributed by atoms with E-state index in [1.54, 1.807) is 40.3 Å². The molecule has 3 rings (SSSR count). The quantitative estimate of drug-likeness (QED) is 0.113. The molecule has 1 aliphatic carbocycles. The number of carbonyl (C=O) groups is 1. The summed E-state index contributed by atoms with van der Waals surface area (Å²) in [6.07, 6.45) is 5.94. The Bertz CT molecular complexity index is 1320. The van der Waals surface area contributed by atoms with Crippen molar-refractivity contribution >= 4 is 41.2 Å². The number of H-pyrrole nitrogens is 1. The number of hydrogen-bond donors (Lipinski definition) is 3. The molecule has 0 bridgehead atoms. The number of allylic oxidation sites excluding steroid dienone is 4. The maximum absolute atomic E-state index is 14.9. The monoisotopic (exact) mass is 541 g/mol. The van der Waals surface area contributed by atoms with E-state index >= 15 is 0 Å². The molecule has 0 spiro atoms. The third kappa shape index (κ3) is 6.97. The summed E-state index contributed by atoms with van der Waals surface area (Å²) in [6.45, 7) is 9.61. The maximum Gasteiger partial charge on any atom is 0.211 e. The van der Waals surface area contributed by atoms with E-state index in [2.05, 4.69) is 32.4 Å². The smallest absolute Gasteiger partial charge is 0.211 e. The highest BCUT2D eigenvalue weighted by molar-refractivity contribution is 7.98. The standard InChI is InChI=1S/C27H33F2N7OS/c1-15(31-14-37)10-23(30-5)17(3)25(19-8-9-19)27(33-24-11-16(2)34-35-24)32-18(4)36(6)26-21(28)12-20(38-7)13-22(26)29/h10-14,19H,3,8-9H2,1-2,4-7H3,(H,31,37)(H2,33,34,35)/b15-10+,27-25-,30-23?,32-18+. The molecule has 1 fully saturated rings. The fraction of sp³-hybridized carbons (Fsp3) is 0.333. The third-order valence-electron chi connectivity index (χ3n) is 6.03. The number of thioether (sulfide) groups is 1. The Hall–Kier alpha value is -3.73. The van der Waals surface area contributed by atoms with E-state index < -0.39 is 11.6 Å². The first-order valence-corrected chi connectivity index (χ1v) is 13.2. The van der Waals surface area contributed by atoms with Crippen LogP contribution in [-0.4, -0.2) is 48.5 Å². The van der Waals surface area contributed by atoms with Gasteiger partial charge in [-0.3, -0.25) is 14.9 Å². The van der Waals surface area contributed by atoms with Gasteiger partial charge < -0.3 is 15.5 Å². The first kappa shape index (κ1) is 28.8. The van der Waals surface area contributed by atoms with E-state index in [0.29, 0.717) is 45.8 Å². The van der Waals surface area contributed by atoms with Gasteiger partial charge in [0.1, 0.15) is 17.3 Å². The molecular weight excluding hydrogens is 508 g/mol. The van der Waals surface area contributed by atoms with Gasteiger partial charge >= 0.3 is 0 Å². The molecule has 3 N–H and O–H groups in total. The minimum atomic E-state index is -0.677. The molecule has 1 heterocycles. The Labute approximate surface area is 226 Å². The number of aryl methyl sites for hydroxylation is 1. The lowest BCUT2D eigenvalue weighted by Crippen LogP contribution is -2.26. The molecular formula is C27H33F2N7OS. The Morgan fingerprint density at radius 2 is 1.92 bits per heavy atom. The number of aromatic nitrogens is 2. The van der Waals surface area contributed by atoms with Gasteiger partial charge in [-0.25, -0.2) is 13.8 Å². The number of benzene rings is 1. The molecule has 38 heavy (non-hydrogen) atoms. The van der Waals surface area contributed by atoms with Gasteiger partial charge in [-0.2, -0.15) is 5.10 Å². The highest BCUT2D eigenvalue weighted by atomic mass is 32.2. The number of anilines is 2. The van der Waals surface area contributed by atoms with Crippen LogP contribution in [-0.2, 0) is 4.79 Å². The Morgan fingerprint density at radius 3 is 2.42 bits per heavy atom. The summed E-state index contributed by atoms with van der Waals surface area (Å²) in [5.74, 6) is 0.140. The van der Waals surface area contributed by atoms with Gasteiger partial charge in [0.15, 0.2) is 17.5 Å². The number of aromatic amines is 1. The summed E-state index contributed by atoms with van der Waals surface area (Å²) >= 11 is 1.26. The van der Waals surface area contributed by atoms with Gasteiger partial charge in [-0.1, -0.05) is 6.58 Å². The molecule has 0 unspecified atom stereocenters. The first-order chi connectivity index (χ1) is 18.1.